The zero-order valence-electron chi connectivity index (χ0n) is 17.1. The van der Waals surface area contributed by atoms with Gasteiger partial charge in [0, 0.05) is 11.5 Å². The summed E-state index contributed by atoms with van der Waals surface area (Å²) in [6, 6.07) is 0. The van der Waals surface area contributed by atoms with Crippen LogP contribution in [0.15, 0.2) is 11.6 Å². The summed E-state index contributed by atoms with van der Waals surface area (Å²) in [6.45, 7) is 4.69. The van der Waals surface area contributed by atoms with Crippen molar-refractivity contribution in [3.05, 3.63) is 11.6 Å². The van der Waals surface area contributed by atoms with Gasteiger partial charge in [-0.2, -0.15) is 0 Å². The third-order valence-electron chi connectivity index (χ3n) is 10.0. The number of esters is 1. The lowest BCUT2D eigenvalue weighted by atomic mass is 9.42. The Balaban J connectivity index is 1.51. The van der Waals surface area contributed by atoms with Crippen LogP contribution in [0.25, 0.3) is 0 Å². The molecule has 1 aliphatic heterocycles. The molecule has 0 amide bonds. The summed E-state index contributed by atoms with van der Waals surface area (Å²) in [6.07, 6.45) is 7.69. The minimum atomic E-state index is -0.906. The molecular formula is C23H34O5. The topological polar surface area (TPSA) is 87.0 Å². The van der Waals surface area contributed by atoms with E-state index in [9.17, 15) is 20.1 Å². The molecule has 4 aliphatic carbocycles. The smallest absolute Gasteiger partial charge is 0.331 e. The van der Waals surface area contributed by atoms with E-state index in [-0.39, 0.29) is 29.3 Å². The Bertz CT molecular complexity index is 718. The molecule has 3 N–H and O–H groups in total. The highest BCUT2D eigenvalue weighted by molar-refractivity contribution is 5.85. The van der Waals surface area contributed by atoms with Gasteiger partial charge in [0.15, 0.2) is 0 Å². The molecule has 5 aliphatic rings. The molecule has 5 nitrogen and oxygen atoms in total. The second kappa shape index (κ2) is 6.05. The number of aliphatic hydroxyl groups is 3. The molecule has 4 saturated carbocycles. The molecule has 156 valence electrons. The number of ether oxygens (including phenoxy) is 1. The van der Waals surface area contributed by atoms with E-state index in [1.807, 2.05) is 6.92 Å². The monoisotopic (exact) mass is 390 g/mol. The average Bonchev–Trinajstić information content (AvgIpc) is 3.19. The largest absolute Gasteiger partial charge is 0.458 e. The maximum atomic E-state index is 12.1. The molecule has 0 radical (unpaired) electrons. The first-order valence-corrected chi connectivity index (χ1v) is 11.2. The fourth-order valence-electron chi connectivity index (χ4n) is 8.37. The zero-order chi connectivity index (χ0) is 19.9. The summed E-state index contributed by atoms with van der Waals surface area (Å²) in [5.41, 5.74) is -0.507. The number of carbonyl (C=O) groups excluding carboxylic acids is 1. The van der Waals surface area contributed by atoms with Gasteiger partial charge in [-0.15, -0.1) is 0 Å². The van der Waals surface area contributed by atoms with E-state index >= 15 is 0 Å². The summed E-state index contributed by atoms with van der Waals surface area (Å²) >= 11 is 0. The van der Waals surface area contributed by atoms with Crippen molar-refractivity contribution in [1.82, 2.24) is 0 Å². The minimum Gasteiger partial charge on any atom is -0.458 e. The summed E-state index contributed by atoms with van der Waals surface area (Å²) in [7, 11) is 0. The van der Waals surface area contributed by atoms with Crippen LogP contribution >= 0.6 is 0 Å². The fourth-order valence-corrected chi connectivity index (χ4v) is 8.37. The van der Waals surface area contributed by atoms with Gasteiger partial charge in [0.2, 0.25) is 0 Å². The molecule has 0 saturated heterocycles. The molecule has 28 heavy (non-hydrogen) atoms. The van der Waals surface area contributed by atoms with Crippen molar-refractivity contribution in [1.29, 1.82) is 0 Å². The number of aliphatic hydroxyl groups excluding tert-OH is 2. The molecule has 0 aromatic heterocycles. The van der Waals surface area contributed by atoms with Gasteiger partial charge >= 0.3 is 5.97 Å². The first-order chi connectivity index (χ1) is 13.2. The number of rotatable bonds is 1. The van der Waals surface area contributed by atoms with Crippen molar-refractivity contribution < 1.29 is 24.9 Å². The summed E-state index contributed by atoms with van der Waals surface area (Å²) < 4.78 is 5.16. The van der Waals surface area contributed by atoms with E-state index in [4.69, 9.17) is 4.74 Å². The lowest BCUT2D eigenvalue weighted by Gasteiger charge is -2.64. The quantitative estimate of drug-likeness (QED) is 0.599. The second-order valence-corrected chi connectivity index (χ2v) is 10.8. The lowest BCUT2D eigenvalue weighted by molar-refractivity contribution is -0.244. The average molecular weight is 391 g/mol. The van der Waals surface area contributed by atoms with Gasteiger partial charge in [-0.05, 0) is 86.0 Å². The third-order valence-corrected chi connectivity index (χ3v) is 10.0. The summed E-state index contributed by atoms with van der Waals surface area (Å²) in [5.74, 6) is 0.657. The Morgan fingerprint density at radius 3 is 2.54 bits per heavy atom. The Morgan fingerprint density at radius 2 is 1.82 bits per heavy atom. The fraction of sp³-hybridized carbons (Fsp3) is 0.870. The van der Waals surface area contributed by atoms with E-state index < -0.39 is 17.1 Å². The van der Waals surface area contributed by atoms with Crippen molar-refractivity contribution in [2.45, 2.75) is 83.0 Å². The van der Waals surface area contributed by atoms with Crippen molar-refractivity contribution >= 4 is 5.97 Å². The molecule has 4 fully saturated rings. The first-order valence-electron chi connectivity index (χ1n) is 11.2. The molecule has 0 unspecified atom stereocenters. The molecule has 0 spiro atoms. The van der Waals surface area contributed by atoms with Gasteiger partial charge in [-0.25, -0.2) is 4.79 Å². The molecular weight excluding hydrogens is 356 g/mol. The van der Waals surface area contributed by atoms with Crippen molar-refractivity contribution in [2.24, 2.45) is 34.5 Å². The highest BCUT2D eigenvalue weighted by Crippen LogP contribution is 2.69. The van der Waals surface area contributed by atoms with Crippen LogP contribution in [-0.4, -0.2) is 45.7 Å². The maximum Gasteiger partial charge on any atom is 0.331 e. The Hall–Kier alpha value is -0.910. The van der Waals surface area contributed by atoms with E-state index in [0.717, 1.165) is 44.1 Å². The normalized spacial score (nSPS) is 55.8. The van der Waals surface area contributed by atoms with Crippen molar-refractivity contribution in [3.8, 4) is 0 Å². The summed E-state index contributed by atoms with van der Waals surface area (Å²) in [4.78, 5) is 11.6. The Labute approximate surface area is 167 Å². The van der Waals surface area contributed by atoms with E-state index in [2.05, 4.69) is 6.92 Å². The Morgan fingerprint density at radius 1 is 1.04 bits per heavy atom. The maximum absolute atomic E-state index is 12.1. The molecule has 0 aromatic carbocycles. The highest BCUT2D eigenvalue weighted by Gasteiger charge is 2.70. The predicted molar refractivity (Wildman–Crippen MR) is 103 cm³/mol. The van der Waals surface area contributed by atoms with Crippen molar-refractivity contribution in [3.63, 3.8) is 0 Å². The zero-order valence-corrected chi connectivity index (χ0v) is 17.1. The standard InChI is InChI=1S/C23H34O5/c1-21-7-5-15(24)10-14(21)3-4-17-18(21)11-19(25)22(2)16(6-8-23(17,22)27)13-9-20(26)28-12-13/h9,14-19,24-25,27H,3-8,10-12H2,1-2H3/t14-,15+,16+,17+,18-,19+,21-,22-,23+/m0/s1. The highest BCUT2D eigenvalue weighted by atomic mass is 16.5. The predicted octanol–water partition coefficient (Wildman–Crippen LogP) is 2.58. The molecule has 0 aromatic rings. The van der Waals surface area contributed by atoms with Crippen LogP contribution in [0.2, 0.25) is 0 Å². The number of cyclic esters (lactones) is 1. The van der Waals surface area contributed by atoms with Crippen LogP contribution in [0.3, 0.4) is 0 Å². The van der Waals surface area contributed by atoms with Crippen LogP contribution in [0.1, 0.15) is 65.2 Å². The molecule has 9 atom stereocenters. The number of hydrogen-bond donors (Lipinski definition) is 3. The number of carbonyl (C=O) groups is 1. The molecule has 5 heteroatoms. The minimum absolute atomic E-state index is 0.00129. The Kier molecular flexibility index (Phi) is 4.12. The lowest BCUT2D eigenvalue weighted by Crippen LogP contribution is -2.67. The van der Waals surface area contributed by atoms with Crippen LogP contribution < -0.4 is 0 Å². The first kappa shape index (κ1) is 19.1. The van der Waals surface area contributed by atoms with Gasteiger partial charge in [-0.1, -0.05) is 13.8 Å². The van der Waals surface area contributed by atoms with Gasteiger partial charge in [0.1, 0.15) is 6.61 Å². The number of fused-ring (bicyclic) bond motifs is 5. The third kappa shape index (κ3) is 2.27. The molecule has 5 rings (SSSR count). The SMILES string of the molecule is C[C@]12CC[C@@H](O)C[C@@H]1CC[C@@H]1[C@@H]2C[C@@H](O)[C@]2(C)[C@@H](C3=CC(=O)OC3)CC[C@@]12O. The van der Waals surface area contributed by atoms with Gasteiger partial charge in [0.25, 0.3) is 0 Å². The van der Waals surface area contributed by atoms with Crippen LogP contribution in [-0.2, 0) is 9.53 Å². The molecule has 1 heterocycles. The van der Waals surface area contributed by atoms with E-state index in [1.165, 1.54) is 0 Å². The van der Waals surface area contributed by atoms with Crippen LogP contribution in [0.5, 0.6) is 0 Å². The van der Waals surface area contributed by atoms with E-state index in [0.29, 0.717) is 31.3 Å². The second-order valence-electron chi connectivity index (χ2n) is 10.8. The van der Waals surface area contributed by atoms with Crippen LogP contribution in [0.4, 0.5) is 0 Å². The van der Waals surface area contributed by atoms with Crippen LogP contribution in [0, 0.1) is 34.5 Å². The van der Waals surface area contributed by atoms with Gasteiger partial charge in [0.05, 0.1) is 17.8 Å². The van der Waals surface area contributed by atoms with Gasteiger partial charge in [-0.3, -0.25) is 0 Å². The summed E-state index contributed by atoms with van der Waals surface area (Å²) in [5, 5.41) is 33.7. The number of hydrogen-bond acceptors (Lipinski definition) is 5. The van der Waals surface area contributed by atoms with Crippen molar-refractivity contribution in [2.75, 3.05) is 6.61 Å². The van der Waals surface area contributed by atoms with E-state index in [1.54, 1.807) is 6.08 Å². The van der Waals surface area contributed by atoms with Gasteiger partial charge < -0.3 is 20.1 Å². The molecule has 0 bridgehead atoms.